The monoisotopic (exact) mass is 126 g/mol. The Kier molecular flexibility index (Phi) is 4.00. The maximum absolute atomic E-state index is 8.00. The van der Waals surface area contributed by atoms with Gasteiger partial charge in [-0.05, 0) is 12.3 Å². The lowest BCUT2D eigenvalue weighted by Gasteiger charge is -1.84. The minimum Gasteiger partial charge on any atom is -0.170 e. The molecule has 0 spiro atoms. The van der Waals surface area contributed by atoms with E-state index < -0.39 is 0 Å². The van der Waals surface area contributed by atoms with Gasteiger partial charge >= 0.3 is 0 Å². The van der Waals surface area contributed by atoms with Gasteiger partial charge in [0.2, 0.25) is 6.19 Å². The Bertz CT molecular complexity index is 143. The molecule has 0 aromatic heterocycles. The van der Waals surface area contributed by atoms with Gasteiger partial charge in [0, 0.05) is 0 Å². The van der Waals surface area contributed by atoms with E-state index >= 15 is 0 Å². The van der Waals surface area contributed by atoms with Crippen LogP contribution in [0.1, 0.15) is 0 Å². The largest absolute Gasteiger partial charge is 0.206 e. The summed E-state index contributed by atoms with van der Waals surface area (Å²) in [6.45, 7) is 3.45. The van der Waals surface area contributed by atoms with Crippen LogP contribution < -0.4 is 0 Å². The predicted octanol–water partition coefficient (Wildman–Crippen LogP) is 1.41. The van der Waals surface area contributed by atoms with Crippen LogP contribution in [0.25, 0.3) is 0 Å². The van der Waals surface area contributed by atoms with E-state index in [9.17, 15) is 0 Å². The molecule has 3 heteroatoms. The van der Waals surface area contributed by atoms with Crippen LogP contribution in [0, 0.1) is 11.5 Å². The molecule has 0 amide bonds. The van der Waals surface area contributed by atoms with Gasteiger partial charge in [-0.25, -0.2) is 0 Å². The van der Waals surface area contributed by atoms with E-state index in [1.807, 2.05) is 6.26 Å². The average molecular weight is 126 g/mol. The average Bonchev–Trinajstić information content (AvgIpc) is 1.83. The van der Waals surface area contributed by atoms with Crippen molar-refractivity contribution in [2.24, 2.45) is 4.99 Å². The first kappa shape index (κ1) is 7.25. The Morgan fingerprint density at radius 3 is 2.75 bits per heavy atom. The molecule has 0 fully saturated rings. The van der Waals surface area contributed by atoms with Crippen LogP contribution in [0.3, 0.4) is 0 Å². The minimum atomic E-state index is 0.660. The summed E-state index contributed by atoms with van der Waals surface area (Å²) in [6.07, 6.45) is 5.06. The van der Waals surface area contributed by atoms with E-state index in [1.54, 1.807) is 12.3 Å². The number of hydrogen-bond donors (Lipinski definition) is 0. The molecule has 0 rings (SSSR count). The topological polar surface area (TPSA) is 36.1 Å². The predicted molar refractivity (Wildman–Crippen MR) is 36.8 cm³/mol. The van der Waals surface area contributed by atoms with Crippen LogP contribution in [0.15, 0.2) is 17.6 Å². The molecular weight excluding hydrogens is 120 g/mol. The number of nitrogens with zero attached hydrogens (tertiary/aromatic N) is 2. The molecular formula is C5H6N2S. The summed E-state index contributed by atoms with van der Waals surface area (Å²) in [6, 6.07) is 0. The third-order valence-electron chi connectivity index (χ3n) is 0.544. The summed E-state index contributed by atoms with van der Waals surface area (Å²) < 4.78 is 0. The Balaban J connectivity index is 3.91. The maximum Gasteiger partial charge on any atom is 0.206 e. The van der Waals surface area contributed by atoms with Gasteiger partial charge in [-0.15, -0.1) is 11.8 Å². The van der Waals surface area contributed by atoms with E-state index in [0.717, 1.165) is 0 Å². The van der Waals surface area contributed by atoms with Crippen molar-refractivity contribution in [3.8, 4) is 6.19 Å². The molecule has 0 saturated carbocycles. The summed E-state index contributed by atoms with van der Waals surface area (Å²) in [5, 5.41) is 8.66. The molecule has 42 valence electrons. The Hall–Kier alpha value is -0.750. The van der Waals surface area contributed by atoms with Crippen LogP contribution in [0.2, 0.25) is 0 Å². The standard InChI is InChI=1S/C5H6N2S/c1-3-5(8-2)7-4-6/h3H,1H2,2H3/b7-5+. The number of aliphatic imine (C=N–C) groups is 1. The van der Waals surface area contributed by atoms with Crippen molar-refractivity contribution >= 4 is 16.8 Å². The van der Waals surface area contributed by atoms with Crippen molar-refractivity contribution < 1.29 is 0 Å². The van der Waals surface area contributed by atoms with E-state index in [2.05, 4.69) is 11.6 Å². The smallest absolute Gasteiger partial charge is 0.170 e. The fourth-order valence-electron chi connectivity index (χ4n) is 0.224. The molecule has 0 aliphatic heterocycles. The summed E-state index contributed by atoms with van der Waals surface area (Å²) in [5.41, 5.74) is 0. The van der Waals surface area contributed by atoms with Crippen LogP contribution in [0.4, 0.5) is 0 Å². The molecule has 0 aromatic carbocycles. The van der Waals surface area contributed by atoms with Crippen LogP contribution in [-0.2, 0) is 0 Å². The van der Waals surface area contributed by atoms with Crippen molar-refractivity contribution in [3.63, 3.8) is 0 Å². The molecule has 0 aliphatic carbocycles. The summed E-state index contributed by atoms with van der Waals surface area (Å²) in [5.74, 6) is 0. The van der Waals surface area contributed by atoms with Gasteiger partial charge in [-0.2, -0.15) is 10.3 Å². The molecule has 0 saturated heterocycles. The molecule has 0 heterocycles. The molecule has 2 nitrogen and oxygen atoms in total. The lowest BCUT2D eigenvalue weighted by molar-refractivity contribution is 1.45. The second kappa shape index (κ2) is 4.41. The van der Waals surface area contributed by atoms with Crippen LogP contribution in [-0.4, -0.2) is 11.3 Å². The Labute approximate surface area is 52.9 Å². The zero-order valence-electron chi connectivity index (χ0n) is 4.59. The highest BCUT2D eigenvalue weighted by molar-refractivity contribution is 8.13. The van der Waals surface area contributed by atoms with Crippen molar-refractivity contribution in [1.82, 2.24) is 0 Å². The molecule has 0 atom stereocenters. The van der Waals surface area contributed by atoms with Crippen molar-refractivity contribution in [3.05, 3.63) is 12.7 Å². The molecule has 0 aromatic rings. The van der Waals surface area contributed by atoms with E-state index in [0.29, 0.717) is 5.04 Å². The number of nitriles is 1. The van der Waals surface area contributed by atoms with Crippen molar-refractivity contribution in [2.75, 3.05) is 6.26 Å². The first-order valence-electron chi connectivity index (χ1n) is 1.98. The van der Waals surface area contributed by atoms with Gasteiger partial charge in [0.1, 0.15) is 5.04 Å². The molecule has 0 radical (unpaired) electrons. The molecule has 8 heavy (non-hydrogen) atoms. The highest BCUT2D eigenvalue weighted by atomic mass is 32.2. The van der Waals surface area contributed by atoms with E-state index in [4.69, 9.17) is 5.26 Å². The van der Waals surface area contributed by atoms with Gasteiger partial charge in [-0.1, -0.05) is 6.58 Å². The fourth-order valence-corrected chi connectivity index (χ4v) is 0.523. The molecule has 0 bridgehead atoms. The zero-order valence-corrected chi connectivity index (χ0v) is 5.40. The first-order chi connectivity index (χ1) is 3.85. The quantitative estimate of drug-likeness (QED) is 0.302. The molecule has 0 unspecified atom stereocenters. The Morgan fingerprint density at radius 2 is 2.62 bits per heavy atom. The van der Waals surface area contributed by atoms with E-state index in [1.165, 1.54) is 11.8 Å². The van der Waals surface area contributed by atoms with Gasteiger partial charge in [-0.3, -0.25) is 0 Å². The maximum atomic E-state index is 8.00. The lowest BCUT2D eigenvalue weighted by Crippen LogP contribution is -1.79. The van der Waals surface area contributed by atoms with Gasteiger partial charge in [0.15, 0.2) is 0 Å². The number of thioether (sulfide) groups is 1. The molecule has 0 aliphatic rings. The van der Waals surface area contributed by atoms with Gasteiger partial charge in [0.05, 0.1) is 0 Å². The summed E-state index contributed by atoms with van der Waals surface area (Å²) in [7, 11) is 0. The lowest BCUT2D eigenvalue weighted by atomic mass is 10.7. The number of hydrogen-bond acceptors (Lipinski definition) is 3. The van der Waals surface area contributed by atoms with Crippen molar-refractivity contribution in [1.29, 1.82) is 5.26 Å². The van der Waals surface area contributed by atoms with Crippen LogP contribution in [0.5, 0.6) is 0 Å². The van der Waals surface area contributed by atoms with E-state index in [-0.39, 0.29) is 0 Å². The minimum absolute atomic E-state index is 0.660. The third kappa shape index (κ3) is 2.43. The Morgan fingerprint density at radius 1 is 2.00 bits per heavy atom. The first-order valence-corrected chi connectivity index (χ1v) is 3.20. The normalized spacial score (nSPS) is 10.2. The molecule has 0 N–H and O–H groups in total. The second-order valence-electron chi connectivity index (χ2n) is 0.958. The van der Waals surface area contributed by atoms with Gasteiger partial charge in [0.25, 0.3) is 0 Å². The zero-order chi connectivity index (χ0) is 6.41. The fraction of sp³-hybridized carbons (Fsp3) is 0.200. The summed E-state index contributed by atoms with van der Waals surface area (Å²) >= 11 is 1.40. The number of rotatable bonds is 1. The van der Waals surface area contributed by atoms with Gasteiger partial charge < -0.3 is 0 Å². The summed E-state index contributed by atoms with van der Waals surface area (Å²) in [4.78, 5) is 3.43. The highest BCUT2D eigenvalue weighted by Crippen LogP contribution is 1.96. The highest BCUT2D eigenvalue weighted by Gasteiger charge is 1.83. The second-order valence-corrected chi connectivity index (χ2v) is 1.78. The third-order valence-corrected chi connectivity index (χ3v) is 1.22. The SMILES string of the molecule is C=C/C(=N\C#N)SC. The van der Waals surface area contributed by atoms with Crippen molar-refractivity contribution in [2.45, 2.75) is 0 Å². The van der Waals surface area contributed by atoms with Crippen LogP contribution >= 0.6 is 11.8 Å².